The molecule has 1 aromatic carbocycles. The van der Waals surface area contributed by atoms with Gasteiger partial charge in [0, 0.05) is 24.5 Å². The molecule has 0 fully saturated rings. The van der Waals surface area contributed by atoms with Crippen LogP contribution in [-0.4, -0.2) is 41.1 Å². The Balaban J connectivity index is 1.54. The molecule has 0 spiro atoms. The van der Waals surface area contributed by atoms with E-state index in [0.29, 0.717) is 17.8 Å². The number of carbonyl (C=O) groups excluding carboxylic acids is 1. The summed E-state index contributed by atoms with van der Waals surface area (Å²) in [4.78, 5) is 20.6. The summed E-state index contributed by atoms with van der Waals surface area (Å²) in [5.74, 6) is 0.390. The van der Waals surface area contributed by atoms with Crippen molar-refractivity contribution in [3.05, 3.63) is 40.1 Å². The van der Waals surface area contributed by atoms with Crippen molar-refractivity contribution in [3.63, 3.8) is 0 Å². The number of benzene rings is 1. The smallest absolute Gasteiger partial charge is 0.238 e. The van der Waals surface area contributed by atoms with E-state index in [0.717, 1.165) is 36.6 Å². The second-order valence-electron chi connectivity index (χ2n) is 6.96. The molecule has 4 rings (SSSR count). The predicted molar refractivity (Wildman–Crippen MR) is 116 cm³/mol. The molecule has 0 saturated carbocycles. The number of hydrogen-bond donors (Lipinski definition) is 1. The molecule has 0 aliphatic carbocycles. The molecule has 1 aliphatic rings. The molecule has 3 aromatic rings. The summed E-state index contributed by atoms with van der Waals surface area (Å²) in [6.45, 7) is 4.22. The van der Waals surface area contributed by atoms with E-state index in [9.17, 15) is 13.2 Å². The number of carbonyl (C=O) groups is 1. The van der Waals surface area contributed by atoms with E-state index in [1.165, 1.54) is 34.3 Å². The molecule has 7 nitrogen and oxygen atoms in total. The Morgan fingerprint density at radius 2 is 2.17 bits per heavy atom. The van der Waals surface area contributed by atoms with E-state index < -0.39 is 10.0 Å². The second kappa shape index (κ2) is 8.10. The lowest BCUT2D eigenvalue weighted by Gasteiger charge is -2.26. The van der Waals surface area contributed by atoms with Gasteiger partial charge in [0.1, 0.15) is 0 Å². The van der Waals surface area contributed by atoms with Crippen LogP contribution < -0.4 is 5.14 Å². The van der Waals surface area contributed by atoms with E-state index in [1.54, 1.807) is 17.4 Å². The van der Waals surface area contributed by atoms with Crippen LogP contribution in [0.3, 0.4) is 0 Å². The summed E-state index contributed by atoms with van der Waals surface area (Å²) in [5.41, 5.74) is 2.66. The van der Waals surface area contributed by atoms with Gasteiger partial charge in [-0.05, 0) is 48.1 Å². The molecule has 0 bridgehead atoms. The lowest BCUT2D eigenvalue weighted by atomic mass is 10.1. The molecule has 0 radical (unpaired) electrons. The number of rotatable bonds is 6. The summed E-state index contributed by atoms with van der Waals surface area (Å²) in [7, 11) is -3.79. The number of nitrogens with two attached hydrogens (primary N) is 1. The molecular formula is C19H22N4O3S3. The first-order valence-electron chi connectivity index (χ1n) is 9.35. The highest BCUT2D eigenvalue weighted by Gasteiger charge is 2.22. The van der Waals surface area contributed by atoms with Gasteiger partial charge in [-0.25, -0.2) is 18.5 Å². The van der Waals surface area contributed by atoms with Crippen LogP contribution in [0, 0.1) is 0 Å². The SMILES string of the molecule is CCCn1c(SCC(=O)N2CCc3sccc3C2)nc2cc(S(N)(=O)=O)ccc21. The van der Waals surface area contributed by atoms with Crippen molar-refractivity contribution in [1.29, 1.82) is 0 Å². The van der Waals surface area contributed by atoms with Crippen LogP contribution in [0.25, 0.3) is 11.0 Å². The second-order valence-corrected chi connectivity index (χ2v) is 10.5. The number of aryl methyl sites for hydroxylation is 1. The van der Waals surface area contributed by atoms with Gasteiger partial charge in [-0.1, -0.05) is 18.7 Å². The van der Waals surface area contributed by atoms with E-state index in [4.69, 9.17) is 5.14 Å². The van der Waals surface area contributed by atoms with Crippen molar-refractivity contribution < 1.29 is 13.2 Å². The largest absolute Gasteiger partial charge is 0.337 e. The maximum atomic E-state index is 12.7. The van der Waals surface area contributed by atoms with Crippen molar-refractivity contribution >= 4 is 50.1 Å². The fourth-order valence-electron chi connectivity index (χ4n) is 3.49. The minimum Gasteiger partial charge on any atom is -0.337 e. The lowest BCUT2D eigenvalue weighted by Crippen LogP contribution is -2.36. The van der Waals surface area contributed by atoms with Gasteiger partial charge in [0.25, 0.3) is 0 Å². The van der Waals surface area contributed by atoms with E-state index >= 15 is 0 Å². The number of imidazole rings is 1. The number of aromatic nitrogens is 2. The van der Waals surface area contributed by atoms with Crippen molar-refractivity contribution in [1.82, 2.24) is 14.5 Å². The number of hydrogen-bond acceptors (Lipinski definition) is 6. The number of thiophene rings is 1. The van der Waals surface area contributed by atoms with Gasteiger partial charge in [-0.3, -0.25) is 4.79 Å². The number of primary sulfonamides is 1. The van der Waals surface area contributed by atoms with Crippen LogP contribution in [-0.2, 0) is 34.3 Å². The van der Waals surface area contributed by atoms with Crippen LogP contribution in [0.2, 0.25) is 0 Å². The van der Waals surface area contributed by atoms with Gasteiger partial charge >= 0.3 is 0 Å². The number of thioether (sulfide) groups is 1. The summed E-state index contributed by atoms with van der Waals surface area (Å²) < 4.78 is 25.3. The van der Waals surface area contributed by atoms with Gasteiger partial charge < -0.3 is 9.47 Å². The Bertz CT molecular complexity index is 1170. The van der Waals surface area contributed by atoms with Gasteiger partial charge in [0.2, 0.25) is 15.9 Å². The molecule has 1 amide bonds. The zero-order valence-electron chi connectivity index (χ0n) is 16.0. The Hall–Kier alpha value is -1.88. The number of amides is 1. The fraction of sp³-hybridized carbons (Fsp3) is 0.368. The molecule has 3 heterocycles. The van der Waals surface area contributed by atoms with E-state index in [1.807, 2.05) is 9.47 Å². The third-order valence-corrected chi connectivity index (χ3v) is 7.84. The highest BCUT2D eigenvalue weighted by molar-refractivity contribution is 7.99. The van der Waals surface area contributed by atoms with Gasteiger partial charge in [-0.15, -0.1) is 11.3 Å². The Morgan fingerprint density at radius 3 is 2.93 bits per heavy atom. The average Bonchev–Trinajstić information content (AvgIpc) is 3.29. The van der Waals surface area contributed by atoms with Crippen LogP contribution >= 0.6 is 23.1 Å². The maximum absolute atomic E-state index is 12.7. The summed E-state index contributed by atoms with van der Waals surface area (Å²) in [5, 5.41) is 8.04. The van der Waals surface area contributed by atoms with Gasteiger partial charge in [0.05, 0.1) is 21.7 Å². The van der Waals surface area contributed by atoms with Crippen molar-refractivity contribution in [2.45, 2.75) is 42.9 Å². The van der Waals surface area contributed by atoms with Crippen molar-refractivity contribution in [3.8, 4) is 0 Å². The standard InChI is InChI=1S/C19H22N4O3S3/c1-2-7-23-16-4-3-14(29(20,25)26)10-15(16)21-19(23)28-12-18(24)22-8-5-17-13(11-22)6-9-27-17/h3-4,6,9-10H,2,5,7-8,11-12H2,1H3,(H2,20,25,26). The molecule has 2 aromatic heterocycles. The van der Waals surface area contributed by atoms with Crippen molar-refractivity contribution in [2.75, 3.05) is 12.3 Å². The molecule has 154 valence electrons. The topological polar surface area (TPSA) is 98.3 Å². The van der Waals surface area contributed by atoms with Crippen LogP contribution in [0.1, 0.15) is 23.8 Å². The zero-order valence-corrected chi connectivity index (χ0v) is 18.4. The zero-order chi connectivity index (χ0) is 20.6. The van der Waals surface area contributed by atoms with Crippen LogP contribution in [0.15, 0.2) is 39.7 Å². The minimum absolute atomic E-state index is 0.0404. The molecular weight excluding hydrogens is 428 g/mol. The third-order valence-electron chi connectivity index (χ3n) is 4.95. The molecule has 29 heavy (non-hydrogen) atoms. The first kappa shape index (κ1) is 20.4. The monoisotopic (exact) mass is 450 g/mol. The number of nitrogens with zero attached hydrogens (tertiary/aromatic N) is 3. The van der Waals surface area contributed by atoms with Crippen LogP contribution in [0.5, 0.6) is 0 Å². The first-order valence-corrected chi connectivity index (χ1v) is 12.8. The minimum atomic E-state index is -3.79. The van der Waals surface area contributed by atoms with Crippen molar-refractivity contribution in [2.24, 2.45) is 5.14 Å². The quantitative estimate of drug-likeness (QED) is 0.582. The van der Waals surface area contributed by atoms with E-state index in [2.05, 4.69) is 23.4 Å². The number of fused-ring (bicyclic) bond motifs is 2. The molecule has 0 atom stereocenters. The normalized spacial score (nSPS) is 14.3. The molecule has 0 unspecified atom stereocenters. The molecule has 10 heteroatoms. The maximum Gasteiger partial charge on any atom is 0.238 e. The Kier molecular flexibility index (Phi) is 5.69. The number of sulfonamides is 1. The Labute approximate surface area is 178 Å². The molecule has 2 N–H and O–H groups in total. The predicted octanol–water partition coefficient (Wildman–Crippen LogP) is 2.83. The third kappa shape index (κ3) is 4.20. The van der Waals surface area contributed by atoms with Gasteiger partial charge in [0.15, 0.2) is 5.16 Å². The first-order chi connectivity index (χ1) is 13.9. The fourth-order valence-corrected chi connectivity index (χ4v) is 5.86. The molecule has 0 saturated heterocycles. The highest BCUT2D eigenvalue weighted by atomic mass is 32.2. The summed E-state index contributed by atoms with van der Waals surface area (Å²) in [6, 6.07) is 6.81. The summed E-state index contributed by atoms with van der Waals surface area (Å²) in [6.07, 6.45) is 1.81. The lowest BCUT2D eigenvalue weighted by molar-refractivity contribution is -0.129. The highest BCUT2D eigenvalue weighted by Crippen LogP contribution is 2.28. The summed E-state index contributed by atoms with van der Waals surface area (Å²) >= 11 is 3.15. The Morgan fingerprint density at radius 1 is 1.34 bits per heavy atom. The van der Waals surface area contributed by atoms with E-state index in [-0.39, 0.29) is 10.8 Å². The average molecular weight is 451 g/mol. The van der Waals surface area contributed by atoms with Crippen LogP contribution in [0.4, 0.5) is 0 Å². The molecule has 1 aliphatic heterocycles. The van der Waals surface area contributed by atoms with Gasteiger partial charge in [-0.2, -0.15) is 0 Å².